The lowest BCUT2D eigenvalue weighted by atomic mass is 10.0. The third-order valence-electron chi connectivity index (χ3n) is 4.66. The van der Waals surface area contributed by atoms with Gasteiger partial charge in [0.05, 0.1) is 5.71 Å². The summed E-state index contributed by atoms with van der Waals surface area (Å²) in [5, 5.41) is 13.7. The maximum Gasteiger partial charge on any atom is 0.349 e. The maximum absolute atomic E-state index is 13.0. The van der Waals surface area contributed by atoms with E-state index in [2.05, 4.69) is 10.5 Å². The minimum atomic E-state index is -4.38. The number of aryl methyl sites for hydroxylation is 3. The van der Waals surface area contributed by atoms with Gasteiger partial charge in [0.1, 0.15) is 10.6 Å². The van der Waals surface area contributed by atoms with Crippen LogP contribution in [0.1, 0.15) is 29.2 Å². The average molecular weight is 443 g/mol. The molecule has 0 aliphatic carbocycles. The molecule has 1 aromatic heterocycles. The van der Waals surface area contributed by atoms with Gasteiger partial charge in [-0.2, -0.15) is 5.10 Å². The number of nitrogens with one attached hydrogen (secondary N) is 2. The fraction of sp³-hybridized carbons (Fsp3) is 0.190. The number of hydrazone groups is 1. The van der Waals surface area contributed by atoms with Crippen molar-refractivity contribution in [3.05, 3.63) is 69.1 Å². The van der Waals surface area contributed by atoms with Crippen molar-refractivity contribution in [1.29, 1.82) is 0 Å². The highest BCUT2D eigenvalue weighted by atomic mass is 32.2. The summed E-state index contributed by atoms with van der Waals surface area (Å²) >= 11 is 0. The van der Waals surface area contributed by atoms with Gasteiger partial charge in [0.2, 0.25) is 0 Å². The smallest absolute Gasteiger partial charge is 0.349 e. The molecule has 1 heterocycles. The number of phenols is 1. The Kier molecular flexibility index (Phi) is 5.85. The predicted molar refractivity (Wildman–Crippen MR) is 116 cm³/mol. The van der Waals surface area contributed by atoms with Crippen LogP contribution in [0.25, 0.3) is 11.0 Å². The van der Waals surface area contributed by atoms with Crippen LogP contribution in [0.5, 0.6) is 5.75 Å². The van der Waals surface area contributed by atoms with Crippen LogP contribution in [0.4, 0.5) is 4.79 Å². The molecular weight excluding hydrogens is 422 g/mol. The van der Waals surface area contributed by atoms with E-state index in [1.54, 1.807) is 45.9 Å². The van der Waals surface area contributed by atoms with Crippen LogP contribution in [0.3, 0.4) is 0 Å². The molecule has 0 fully saturated rings. The van der Waals surface area contributed by atoms with Gasteiger partial charge in [-0.1, -0.05) is 6.07 Å². The van der Waals surface area contributed by atoms with Crippen LogP contribution < -0.4 is 15.8 Å². The average Bonchev–Trinajstić information content (AvgIpc) is 2.65. The number of urea groups is 1. The number of benzene rings is 2. The van der Waals surface area contributed by atoms with E-state index in [0.29, 0.717) is 27.8 Å². The molecule has 0 saturated carbocycles. The van der Waals surface area contributed by atoms with Crippen molar-refractivity contribution in [3.8, 4) is 5.75 Å². The van der Waals surface area contributed by atoms with Gasteiger partial charge in [0.15, 0.2) is 5.58 Å². The van der Waals surface area contributed by atoms with Crippen LogP contribution in [0.15, 0.2) is 55.6 Å². The first-order chi connectivity index (χ1) is 14.5. The van der Waals surface area contributed by atoms with Crippen molar-refractivity contribution >= 4 is 32.7 Å². The molecular formula is C21H21N3O6S. The third-order valence-corrected chi connectivity index (χ3v) is 6.16. The van der Waals surface area contributed by atoms with Crippen molar-refractivity contribution in [2.75, 3.05) is 0 Å². The van der Waals surface area contributed by atoms with Crippen LogP contribution in [-0.4, -0.2) is 25.3 Å². The molecule has 0 atom stereocenters. The lowest BCUT2D eigenvalue weighted by Gasteiger charge is -2.14. The molecule has 2 aromatic carbocycles. The Morgan fingerprint density at radius 2 is 1.65 bits per heavy atom. The van der Waals surface area contributed by atoms with Gasteiger partial charge in [0.25, 0.3) is 10.0 Å². The molecule has 0 bridgehead atoms. The second kappa shape index (κ2) is 8.23. The number of nitrogens with zero attached hydrogens (tertiary/aromatic N) is 1. The van der Waals surface area contributed by atoms with E-state index < -0.39 is 21.7 Å². The van der Waals surface area contributed by atoms with Crippen LogP contribution in [-0.2, 0) is 10.0 Å². The molecule has 0 saturated heterocycles. The SMILES string of the molecule is C/C(=N\NC(=O)NS(=O)(=O)c1c(C)cc(C)c2c(C)cc(=O)oc12)c1ccc(O)cc1. The summed E-state index contributed by atoms with van der Waals surface area (Å²) in [7, 11) is -4.38. The highest BCUT2D eigenvalue weighted by molar-refractivity contribution is 7.90. The van der Waals surface area contributed by atoms with E-state index in [4.69, 9.17) is 4.42 Å². The van der Waals surface area contributed by atoms with E-state index in [9.17, 15) is 23.1 Å². The molecule has 3 rings (SSSR count). The minimum absolute atomic E-state index is 0.0796. The van der Waals surface area contributed by atoms with E-state index in [0.717, 1.165) is 5.56 Å². The predicted octanol–water partition coefficient (Wildman–Crippen LogP) is 2.84. The zero-order valence-corrected chi connectivity index (χ0v) is 18.1. The fourth-order valence-electron chi connectivity index (χ4n) is 3.33. The number of carbonyl (C=O) groups excluding carboxylic acids is 1. The van der Waals surface area contributed by atoms with Crippen LogP contribution in [0, 0.1) is 20.8 Å². The molecule has 162 valence electrons. The lowest BCUT2D eigenvalue weighted by Crippen LogP contribution is -2.37. The molecule has 0 radical (unpaired) electrons. The topological polar surface area (TPSA) is 138 Å². The van der Waals surface area contributed by atoms with Crippen molar-refractivity contribution in [2.45, 2.75) is 32.6 Å². The molecule has 0 spiro atoms. The highest BCUT2D eigenvalue weighted by Crippen LogP contribution is 2.30. The summed E-state index contributed by atoms with van der Waals surface area (Å²) < 4.78 is 33.0. The number of hydrogen-bond donors (Lipinski definition) is 3. The Bertz CT molecular complexity index is 1370. The Hall–Kier alpha value is -3.66. The Balaban J connectivity index is 1.93. The summed E-state index contributed by atoms with van der Waals surface area (Å²) in [6.07, 6.45) is 0. The first-order valence-electron chi connectivity index (χ1n) is 9.20. The Morgan fingerprint density at radius 3 is 2.29 bits per heavy atom. The van der Waals surface area contributed by atoms with Crippen molar-refractivity contribution in [3.63, 3.8) is 0 Å². The first kappa shape index (κ1) is 22.0. The van der Waals surface area contributed by atoms with Crippen molar-refractivity contribution < 1.29 is 22.7 Å². The van der Waals surface area contributed by atoms with E-state index in [1.807, 2.05) is 4.72 Å². The van der Waals surface area contributed by atoms with Gasteiger partial charge < -0.3 is 9.52 Å². The number of aromatic hydroxyl groups is 1. The number of amides is 2. The third kappa shape index (κ3) is 4.58. The number of rotatable bonds is 4. The number of fused-ring (bicyclic) bond motifs is 1. The first-order valence-corrected chi connectivity index (χ1v) is 10.7. The number of sulfonamides is 1. The summed E-state index contributed by atoms with van der Waals surface area (Å²) in [5.41, 5.74) is 3.98. The fourth-order valence-corrected chi connectivity index (χ4v) is 4.59. The molecule has 9 nitrogen and oxygen atoms in total. The summed E-state index contributed by atoms with van der Waals surface area (Å²) in [6.45, 7) is 6.61. The summed E-state index contributed by atoms with van der Waals surface area (Å²) in [5.74, 6) is 0.0796. The Labute approximate surface area is 178 Å². The Morgan fingerprint density at radius 1 is 1.03 bits per heavy atom. The molecule has 0 aliphatic rings. The van der Waals surface area contributed by atoms with E-state index in [-0.39, 0.29) is 16.2 Å². The monoisotopic (exact) mass is 443 g/mol. The zero-order valence-electron chi connectivity index (χ0n) is 17.3. The second-order valence-corrected chi connectivity index (χ2v) is 8.70. The number of carbonyl (C=O) groups is 1. The van der Waals surface area contributed by atoms with Crippen LogP contribution >= 0.6 is 0 Å². The zero-order chi connectivity index (χ0) is 22.9. The highest BCUT2D eigenvalue weighted by Gasteiger charge is 2.26. The number of hydrogen-bond acceptors (Lipinski definition) is 7. The van der Waals surface area contributed by atoms with Crippen LogP contribution in [0.2, 0.25) is 0 Å². The number of phenolic OH excluding ortho intramolecular Hbond substituents is 1. The molecule has 2 amide bonds. The van der Waals surface area contributed by atoms with Gasteiger partial charge in [0, 0.05) is 11.5 Å². The normalized spacial score (nSPS) is 12.1. The molecule has 3 N–H and O–H groups in total. The summed E-state index contributed by atoms with van der Waals surface area (Å²) in [4.78, 5) is 23.8. The van der Waals surface area contributed by atoms with Gasteiger partial charge in [-0.25, -0.2) is 28.2 Å². The molecule has 31 heavy (non-hydrogen) atoms. The lowest BCUT2D eigenvalue weighted by molar-refractivity contribution is 0.246. The standard InChI is InChI=1S/C21H21N3O6S/c1-11-9-13(3)20(19-18(11)12(2)10-17(26)30-19)31(28,29)24-21(27)23-22-14(4)15-5-7-16(25)8-6-15/h5-10,25H,1-4H3,(H2,23,24,27)/b22-14+. The van der Waals surface area contributed by atoms with Gasteiger partial charge in [-0.15, -0.1) is 0 Å². The maximum atomic E-state index is 13.0. The second-order valence-electron chi connectivity index (χ2n) is 7.08. The van der Waals surface area contributed by atoms with Crippen molar-refractivity contribution in [2.24, 2.45) is 5.10 Å². The molecule has 0 unspecified atom stereocenters. The quantitative estimate of drug-likeness (QED) is 0.322. The summed E-state index contributed by atoms with van der Waals surface area (Å²) in [6, 6.07) is 7.95. The molecule has 0 aliphatic heterocycles. The largest absolute Gasteiger partial charge is 0.508 e. The van der Waals surface area contributed by atoms with Crippen molar-refractivity contribution in [1.82, 2.24) is 10.1 Å². The minimum Gasteiger partial charge on any atom is -0.508 e. The molecule has 3 aromatic rings. The van der Waals surface area contributed by atoms with Gasteiger partial charge >= 0.3 is 11.7 Å². The van der Waals surface area contributed by atoms with Gasteiger partial charge in [-0.05, 0) is 74.2 Å². The van der Waals surface area contributed by atoms with E-state index >= 15 is 0 Å². The van der Waals surface area contributed by atoms with E-state index in [1.165, 1.54) is 18.2 Å². The molecule has 10 heteroatoms. The van der Waals surface area contributed by atoms with Gasteiger partial charge in [-0.3, -0.25) is 0 Å².